The highest BCUT2D eigenvalue weighted by atomic mass is 32.1. The number of aliphatic imine (C=N–C) groups is 1. The zero-order valence-corrected chi connectivity index (χ0v) is 21.2. The average Bonchev–Trinajstić information content (AvgIpc) is 3.24. The number of nitrogens with zero attached hydrogens (tertiary/aromatic N) is 2. The van der Waals surface area contributed by atoms with Crippen molar-refractivity contribution in [1.29, 1.82) is 0 Å². The number of halogens is 1. The number of hydrogen-bond donors (Lipinski definition) is 1. The van der Waals surface area contributed by atoms with E-state index in [1.165, 1.54) is 29.2 Å². The number of ether oxygens (including phenoxy) is 1. The second-order valence-corrected chi connectivity index (χ2v) is 10.2. The summed E-state index contributed by atoms with van der Waals surface area (Å²) in [6.45, 7) is 6.66. The summed E-state index contributed by atoms with van der Waals surface area (Å²) in [6, 6.07) is 14.9. The number of fused-ring (bicyclic) bond motifs is 1. The normalized spacial score (nSPS) is 15.6. The number of carbonyl (C=O) groups excluding carboxylic acids is 3. The van der Waals surface area contributed by atoms with Crippen molar-refractivity contribution >= 4 is 40.5 Å². The molecule has 0 radical (unpaired) electrons. The van der Waals surface area contributed by atoms with Gasteiger partial charge in [0.25, 0.3) is 5.91 Å². The number of benzodiazepines with no additional fused rings is 1. The number of ketones is 1. The molecule has 2 heterocycles. The Morgan fingerprint density at radius 2 is 1.75 bits per heavy atom. The molecule has 0 aliphatic carbocycles. The second-order valence-electron chi connectivity index (χ2n) is 9.28. The van der Waals surface area contributed by atoms with Crippen molar-refractivity contribution in [3.8, 4) is 0 Å². The fourth-order valence-electron chi connectivity index (χ4n) is 3.91. The molecule has 0 spiro atoms. The quantitative estimate of drug-likeness (QED) is 0.473. The number of hydrogen-bond acceptors (Lipinski definition) is 6. The van der Waals surface area contributed by atoms with Crippen LogP contribution in [-0.4, -0.2) is 35.3 Å². The van der Waals surface area contributed by atoms with Crippen LogP contribution in [0.4, 0.5) is 14.9 Å². The van der Waals surface area contributed by atoms with Gasteiger partial charge in [-0.3, -0.25) is 14.9 Å². The Hall–Kier alpha value is -3.85. The van der Waals surface area contributed by atoms with E-state index in [4.69, 9.17) is 4.74 Å². The maximum absolute atomic E-state index is 14.9. The minimum atomic E-state index is -1.39. The molecule has 1 atom stereocenters. The molecule has 186 valence electrons. The molecule has 1 N–H and O–H groups in total. The third-order valence-electron chi connectivity index (χ3n) is 5.39. The average molecular weight is 508 g/mol. The lowest BCUT2D eigenvalue weighted by Gasteiger charge is -2.26. The third-order valence-corrected chi connectivity index (χ3v) is 6.44. The van der Waals surface area contributed by atoms with Crippen LogP contribution < -0.4 is 10.2 Å². The van der Waals surface area contributed by atoms with Gasteiger partial charge in [0.05, 0.1) is 22.8 Å². The van der Waals surface area contributed by atoms with E-state index in [9.17, 15) is 18.8 Å². The van der Waals surface area contributed by atoms with E-state index in [0.29, 0.717) is 21.7 Å². The molecule has 9 heteroatoms. The van der Waals surface area contributed by atoms with Gasteiger partial charge in [-0.25, -0.2) is 14.2 Å². The molecule has 4 rings (SSSR count). The van der Waals surface area contributed by atoms with E-state index in [0.717, 1.165) is 0 Å². The molecule has 1 aliphatic heterocycles. The first-order valence-electron chi connectivity index (χ1n) is 11.4. The van der Waals surface area contributed by atoms with Crippen LogP contribution in [0.3, 0.4) is 0 Å². The van der Waals surface area contributed by atoms with Crippen molar-refractivity contribution in [3.05, 3.63) is 87.4 Å². The molecule has 1 aliphatic rings. The predicted octanol–water partition coefficient (Wildman–Crippen LogP) is 5.32. The summed E-state index contributed by atoms with van der Waals surface area (Å²) in [5.41, 5.74) is 1.28. The van der Waals surface area contributed by atoms with E-state index in [-0.39, 0.29) is 23.6 Å². The Morgan fingerprint density at radius 3 is 2.42 bits per heavy atom. The predicted molar refractivity (Wildman–Crippen MR) is 137 cm³/mol. The highest BCUT2D eigenvalue weighted by Crippen LogP contribution is 2.31. The van der Waals surface area contributed by atoms with Crippen LogP contribution in [0.5, 0.6) is 0 Å². The standard InChI is InChI=1S/C27H26FN3O4S/c1-16(32)23-17(13-14-36-23)15-31-21-12-8-6-10-19(21)22(18-9-5-7-11-20(18)28)29-24(25(31)33)30-26(34)35-27(2,3)4/h5-14,24H,15H2,1-4H3,(H,30,34). The monoisotopic (exact) mass is 507 g/mol. The first-order chi connectivity index (χ1) is 17.0. The smallest absolute Gasteiger partial charge is 0.409 e. The Labute approximate surface area is 212 Å². The van der Waals surface area contributed by atoms with Crippen molar-refractivity contribution < 1.29 is 23.5 Å². The van der Waals surface area contributed by atoms with Gasteiger partial charge in [0.1, 0.15) is 11.4 Å². The number of para-hydroxylation sites is 1. The number of benzene rings is 2. The first-order valence-corrected chi connectivity index (χ1v) is 12.2. The molecule has 1 unspecified atom stereocenters. The molecule has 2 aromatic carbocycles. The maximum Gasteiger partial charge on any atom is 0.409 e. The maximum atomic E-state index is 14.9. The van der Waals surface area contributed by atoms with Gasteiger partial charge in [0.2, 0.25) is 6.17 Å². The van der Waals surface area contributed by atoms with Gasteiger partial charge >= 0.3 is 6.09 Å². The minimum absolute atomic E-state index is 0.0703. The summed E-state index contributed by atoms with van der Waals surface area (Å²) in [6.07, 6.45) is -2.22. The molecule has 0 saturated heterocycles. The van der Waals surface area contributed by atoms with E-state index in [2.05, 4.69) is 10.3 Å². The van der Waals surface area contributed by atoms with Crippen LogP contribution in [0, 0.1) is 5.82 Å². The van der Waals surface area contributed by atoms with Crippen molar-refractivity contribution in [1.82, 2.24) is 5.32 Å². The Bertz CT molecular complexity index is 1360. The number of carbonyl (C=O) groups is 3. The molecular formula is C27H26FN3O4S. The highest BCUT2D eigenvalue weighted by molar-refractivity contribution is 7.12. The van der Waals surface area contributed by atoms with Gasteiger partial charge < -0.3 is 9.64 Å². The van der Waals surface area contributed by atoms with Gasteiger partial charge in [-0.2, -0.15) is 0 Å². The number of alkyl carbamates (subject to hydrolysis) is 1. The fourth-order valence-corrected chi connectivity index (χ4v) is 4.73. The van der Waals surface area contributed by atoms with Crippen LogP contribution in [0.25, 0.3) is 0 Å². The summed E-state index contributed by atoms with van der Waals surface area (Å²) in [4.78, 5) is 45.2. The highest BCUT2D eigenvalue weighted by Gasteiger charge is 2.35. The Morgan fingerprint density at radius 1 is 1.08 bits per heavy atom. The zero-order valence-electron chi connectivity index (χ0n) is 20.4. The molecule has 3 aromatic rings. The summed E-state index contributed by atoms with van der Waals surface area (Å²) in [7, 11) is 0. The number of amides is 2. The lowest BCUT2D eigenvalue weighted by Crippen LogP contribution is -2.48. The van der Waals surface area contributed by atoms with Crippen LogP contribution >= 0.6 is 11.3 Å². The van der Waals surface area contributed by atoms with E-state index in [1.807, 2.05) is 0 Å². The number of rotatable bonds is 5. The van der Waals surface area contributed by atoms with Crippen molar-refractivity contribution in [2.24, 2.45) is 4.99 Å². The van der Waals surface area contributed by atoms with Gasteiger partial charge in [-0.1, -0.05) is 30.3 Å². The van der Waals surface area contributed by atoms with Crippen LogP contribution in [-0.2, 0) is 16.1 Å². The molecular weight excluding hydrogens is 481 g/mol. The summed E-state index contributed by atoms with van der Waals surface area (Å²) in [5.74, 6) is -1.16. The Kier molecular flexibility index (Phi) is 7.03. The molecule has 0 saturated carbocycles. The molecule has 0 bridgehead atoms. The van der Waals surface area contributed by atoms with E-state index >= 15 is 0 Å². The van der Waals surface area contributed by atoms with Crippen molar-refractivity contribution in [2.75, 3.05) is 4.90 Å². The fraction of sp³-hybridized carbons (Fsp3) is 0.259. The SMILES string of the molecule is CC(=O)c1sccc1CN1C(=O)C(NC(=O)OC(C)(C)C)N=C(c2ccccc2F)c2ccccc21. The van der Waals surface area contributed by atoms with Gasteiger partial charge in [0, 0.05) is 11.1 Å². The summed E-state index contributed by atoms with van der Waals surface area (Å²) in [5, 5.41) is 4.33. The minimum Gasteiger partial charge on any atom is -0.444 e. The molecule has 7 nitrogen and oxygen atoms in total. The Balaban J connectivity index is 1.85. The zero-order chi connectivity index (χ0) is 26.0. The summed E-state index contributed by atoms with van der Waals surface area (Å²) >= 11 is 1.30. The van der Waals surface area contributed by atoms with Crippen LogP contribution in [0.15, 0.2) is 65.0 Å². The van der Waals surface area contributed by atoms with Crippen molar-refractivity contribution in [3.63, 3.8) is 0 Å². The van der Waals surface area contributed by atoms with Gasteiger partial charge in [0.15, 0.2) is 5.78 Å². The summed E-state index contributed by atoms with van der Waals surface area (Å²) < 4.78 is 20.3. The van der Waals surface area contributed by atoms with E-state index in [1.54, 1.807) is 74.7 Å². The largest absolute Gasteiger partial charge is 0.444 e. The number of anilines is 1. The number of Topliss-reactive ketones (excluding diaryl/α,β-unsaturated/α-hetero) is 1. The van der Waals surface area contributed by atoms with Crippen LogP contribution in [0.2, 0.25) is 0 Å². The molecule has 2 amide bonds. The molecule has 36 heavy (non-hydrogen) atoms. The van der Waals surface area contributed by atoms with Gasteiger partial charge in [-0.15, -0.1) is 11.3 Å². The van der Waals surface area contributed by atoms with Crippen molar-refractivity contribution in [2.45, 2.75) is 46.0 Å². The third kappa shape index (κ3) is 5.36. The second kappa shape index (κ2) is 10.0. The van der Waals surface area contributed by atoms with E-state index < -0.39 is 29.6 Å². The first kappa shape index (κ1) is 25.2. The topological polar surface area (TPSA) is 88.1 Å². The lowest BCUT2D eigenvalue weighted by molar-refractivity contribution is -0.120. The number of nitrogens with one attached hydrogen (secondary N) is 1. The van der Waals surface area contributed by atoms with Gasteiger partial charge in [-0.05, 0) is 62.9 Å². The van der Waals surface area contributed by atoms with Crippen LogP contribution in [0.1, 0.15) is 54.1 Å². The molecule has 1 aromatic heterocycles. The molecule has 0 fully saturated rings. The number of thiophene rings is 1. The lowest BCUT2D eigenvalue weighted by atomic mass is 9.99.